The number of sulfonamides is 1. The molecule has 0 aliphatic carbocycles. The van der Waals surface area contributed by atoms with E-state index in [1.54, 1.807) is 0 Å². The Balaban J connectivity index is 1.97. The highest BCUT2D eigenvalue weighted by atomic mass is 32.2. The number of hydrogen-bond donors (Lipinski definition) is 3. The average molecular weight is 411 g/mol. The number of nitrogens with one attached hydrogen (secondary N) is 2. The molecule has 8 nitrogen and oxygen atoms in total. The monoisotopic (exact) mass is 411 g/mol. The number of rotatable bonds is 6. The first kappa shape index (κ1) is 19.0. The molecule has 0 spiro atoms. The summed E-state index contributed by atoms with van der Waals surface area (Å²) in [6, 6.07) is 6.48. The Morgan fingerprint density at radius 2 is 2.15 bits per heavy atom. The number of oxime groups is 1. The van der Waals surface area contributed by atoms with Crippen molar-refractivity contribution in [2.45, 2.75) is 4.21 Å². The molecule has 3 rings (SSSR count). The molecule has 0 saturated carbocycles. The smallest absolute Gasteiger partial charge is 0.271 e. The summed E-state index contributed by atoms with van der Waals surface area (Å²) in [5.41, 5.74) is -0.649. The van der Waals surface area contributed by atoms with Gasteiger partial charge in [-0.1, -0.05) is 5.16 Å². The van der Waals surface area contributed by atoms with Crippen molar-refractivity contribution in [2.75, 3.05) is 18.4 Å². The van der Waals surface area contributed by atoms with Crippen LogP contribution in [0.1, 0.15) is 4.88 Å². The Kier molecular flexibility index (Phi) is 5.26. The highest BCUT2D eigenvalue weighted by Crippen LogP contribution is 2.27. The zero-order chi connectivity index (χ0) is 19.6. The van der Waals surface area contributed by atoms with E-state index >= 15 is 0 Å². The van der Waals surface area contributed by atoms with Crippen LogP contribution in [-0.4, -0.2) is 38.0 Å². The molecule has 0 atom stereocenters. The third-order valence-electron chi connectivity index (χ3n) is 3.64. The number of halogens is 1. The van der Waals surface area contributed by atoms with Gasteiger partial charge in [0.05, 0.1) is 17.2 Å². The lowest BCUT2D eigenvalue weighted by Gasteiger charge is -2.08. The normalized spacial score (nSPS) is 12.4. The summed E-state index contributed by atoms with van der Waals surface area (Å²) in [6.45, 7) is -0.00793. The second-order valence-corrected chi connectivity index (χ2v) is 8.42. The summed E-state index contributed by atoms with van der Waals surface area (Å²) < 4.78 is 46.3. The van der Waals surface area contributed by atoms with E-state index < -0.39 is 21.4 Å². The zero-order valence-corrected chi connectivity index (χ0v) is 15.5. The molecule has 142 valence electrons. The van der Waals surface area contributed by atoms with Gasteiger partial charge in [-0.3, -0.25) is 9.52 Å². The van der Waals surface area contributed by atoms with Crippen LogP contribution in [0.4, 0.5) is 10.1 Å². The molecular weight excluding hydrogens is 397 g/mol. The lowest BCUT2D eigenvalue weighted by molar-refractivity contribution is 0.238. The number of benzene rings is 1. The molecular formula is C16H14FN3O5S2. The van der Waals surface area contributed by atoms with Gasteiger partial charge in [0.25, 0.3) is 15.6 Å². The molecule has 2 heterocycles. The SMILES string of the molecule is COC/C(=N\O)c1ccc(S(=O)(=O)Nc2cc3c(=O)[nH]ccc3cc2F)s1. The number of H-pyrrole nitrogens is 1. The van der Waals surface area contributed by atoms with Crippen LogP contribution in [0.25, 0.3) is 10.8 Å². The number of fused-ring (bicyclic) bond motifs is 1. The topological polar surface area (TPSA) is 121 Å². The largest absolute Gasteiger partial charge is 0.411 e. The molecule has 0 saturated heterocycles. The van der Waals surface area contributed by atoms with E-state index in [2.05, 4.69) is 14.9 Å². The first-order valence-electron chi connectivity index (χ1n) is 7.49. The number of ether oxygens (including phenoxy) is 1. The van der Waals surface area contributed by atoms with Crippen molar-refractivity contribution in [2.24, 2.45) is 5.16 Å². The lowest BCUT2D eigenvalue weighted by atomic mass is 10.1. The van der Waals surface area contributed by atoms with Gasteiger partial charge in [0.15, 0.2) is 0 Å². The van der Waals surface area contributed by atoms with E-state index in [4.69, 9.17) is 9.94 Å². The molecule has 3 aromatic rings. The number of nitrogens with zero attached hydrogens (tertiary/aromatic N) is 1. The number of aromatic nitrogens is 1. The molecule has 0 radical (unpaired) electrons. The maximum Gasteiger partial charge on any atom is 0.271 e. The average Bonchev–Trinajstić information content (AvgIpc) is 3.12. The summed E-state index contributed by atoms with van der Waals surface area (Å²) in [7, 11) is -2.71. The number of methoxy groups -OCH3 is 1. The fourth-order valence-corrected chi connectivity index (χ4v) is 4.72. The second-order valence-electron chi connectivity index (χ2n) is 5.43. The van der Waals surface area contributed by atoms with Crippen molar-refractivity contribution in [1.29, 1.82) is 0 Å². The molecule has 0 aliphatic rings. The molecule has 0 fully saturated rings. The van der Waals surface area contributed by atoms with Gasteiger partial charge in [-0.15, -0.1) is 11.3 Å². The minimum Gasteiger partial charge on any atom is -0.411 e. The van der Waals surface area contributed by atoms with Crippen molar-refractivity contribution in [3.8, 4) is 0 Å². The molecule has 27 heavy (non-hydrogen) atoms. The molecule has 0 amide bonds. The van der Waals surface area contributed by atoms with E-state index in [-0.39, 0.29) is 27.6 Å². The fourth-order valence-electron chi connectivity index (χ4n) is 2.39. The van der Waals surface area contributed by atoms with Crippen LogP contribution < -0.4 is 10.3 Å². The Morgan fingerprint density at radius 3 is 2.85 bits per heavy atom. The number of pyridine rings is 1. The summed E-state index contributed by atoms with van der Waals surface area (Å²) in [4.78, 5) is 14.7. The maximum absolute atomic E-state index is 14.3. The number of anilines is 1. The van der Waals surface area contributed by atoms with Gasteiger partial charge in [-0.2, -0.15) is 0 Å². The first-order valence-corrected chi connectivity index (χ1v) is 9.79. The minimum absolute atomic E-state index is 0.00793. The van der Waals surface area contributed by atoms with E-state index in [0.717, 1.165) is 23.5 Å². The summed E-state index contributed by atoms with van der Waals surface area (Å²) in [6.07, 6.45) is 1.38. The van der Waals surface area contributed by atoms with Crippen LogP contribution in [0.5, 0.6) is 0 Å². The van der Waals surface area contributed by atoms with Crippen molar-refractivity contribution in [3.63, 3.8) is 0 Å². The van der Waals surface area contributed by atoms with Crippen molar-refractivity contribution in [3.05, 3.63) is 57.6 Å². The van der Waals surface area contributed by atoms with Crippen LogP contribution >= 0.6 is 11.3 Å². The summed E-state index contributed by atoms with van der Waals surface area (Å²) in [5, 5.41) is 12.6. The van der Waals surface area contributed by atoms with E-state index in [0.29, 0.717) is 10.3 Å². The molecule has 11 heteroatoms. The Hall–Kier alpha value is -2.76. The second kappa shape index (κ2) is 7.47. The Labute approximate surface area is 157 Å². The predicted octanol–water partition coefficient (Wildman–Crippen LogP) is 2.35. The highest BCUT2D eigenvalue weighted by molar-refractivity contribution is 7.94. The van der Waals surface area contributed by atoms with E-state index in [9.17, 15) is 17.6 Å². The predicted molar refractivity (Wildman–Crippen MR) is 99.9 cm³/mol. The van der Waals surface area contributed by atoms with Crippen LogP contribution in [0, 0.1) is 5.82 Å². The third-order valence-corrected chi connectivity index (χ3v) is 6.63. The third kappa shape index (κ3) is 3.84. The fraction of sp³-hybridized carbons (Fsp3) is 0.125. The minimum atomic E-state index is -4.11. The van der Waals surface area contributed by atoms with Gasteiger partial charge in [-0.25, -0.2) is 12.8 Å². The molecule has 0 unspecified atom stereocenters. The molecule has 1 aromatic carbocycles. The molecule has 3 N–H and O–H groups in total. The Morgan fingerprint density at radius 1 is 1.37 bits per heavy atom. The van der Waals surface area contributed by atoms with E-state index in [1.807, 2.05) is 0 Å². The van der Waals surface area contributed by atoms with Gasteiger partial charge in [0.1, 0.15) is 15.7 Å². The summed E-state index contributed by atoms with van der Waals surface area (Å²) in [5.74, 6) is -0.814. The van der Waals surface area contributed by atoms with Crippen molar-refractivity contribution in [1.82, 2.24) is 4.98 Å². The number of aromatic amines is 1. The Bertz CT molecular complexity index is 1180. The van der Waals surface area contributed by atoms with Gasteiger partial charge >= 0.3 is 0 Å². The molecule has 2 aromatic heterocycles. The van der Waals surface area contributed by atoms with Gasteiger partial charge in [0, 0.05) is 18.7 Å². The number of thiophene rings is 1. The van der Waals surface area contributed by atoms with Crippen LogP contribution in [0.2, 0.25) is 0 Å². The van der Waals surface area contributed by atoms with Crippen LogP contribution in [-0.2, 0) is 14.8 Å². The first-order chi connectivity index (χ1) is 12.9. The summed E-state index contributed by atoms with van der Waals surface area (Å²) >= 11 is 0.833. The van der Waals surface area contributed by atoms with Gasteiger partial charge in [0.2, 0.25) is 0 Å². The van der Waals surface area contributed by atoms with Crippen LogP contribution in [0.15, 0.2) is 50.7 Å². The lowest BCUT2D eigenvalue weighted by Crippen LogP contribution is -2.14. The quantitative estimate of drug-likeness (QED) is 0.327. The van der Waals surface area contributed by atoms with Crippen molar-refractivity contribution < 1.29 is 22.8 Å². The standard InChI is InChI=1S/C16H14FN3O5S2/c1-25-8-13(19-22)14-2-3-15(26-14)27(23,24)20-12-7-10-9(6-11(12)17)4-5-18-16(10)21/h2-7,20,22H,8H2,1H3,(H,18,21)/b19-13+. The molecule has 0 aliphatic heterocycles. The highest BCUT2D eigenvalue weighted by Gasteiger charge is 2.21. The van der Waals surface area contributed by atoms with Gasteiger partial charge < -0.3 is 14.9 Å². The molecule has 0 bridgehead atoms. The van der Waals surface area contributed by atoms with Gasteiger partial charge in [-0.05, 0) is 35.7 Å². The van der Waals surface area contributed by atoms with Crippen LogP contribution in [0.3, 0.4) is 0 Å². The number of hydrogen-bond acceptors (Lipinski definition) is 7. The zero-order valence-electron chi connectivity index (χ0n) is 13.9. The maximum atomic E-state index is 14.3. The van der Waals surface area contributed by atoms with E-state index in [1.165, 1.54) is 31.5 Å². The van der Waals surface area contributed by atoms with Crippen molar-refractivity contribution >= 4 is 43.5 Å².